The van der Waals surface area contributed by atoms with Gasteiger partial charge in [-0.3, -0.25) is 0 Å². The molecule has 0 aromatic carbocycles. The predicted octanol–water partition coefficient (Wildman–Crippen LogP) is 2.44. The minimum atomic E-state index is 0.717. The van der Waals surface area contributed by atoms with Gasteiger partial charge in [0.05, 0.1) is 0 Å². The summed E-state index contributed by atoms with van der Waals surface area (Å²) in [5.74, 6) is 1.05. The van der Waals surface area contributed by atoms with Crippen molar-refractivity contribution in [2.75, 3.05) is 0 Å². The molecule has 0 bridgehead atoms. The summed E-state index contributed by atoms with van der Waals surface area (Å²) in [6.07, 6.45) is 2.84. The number of rotatable bonds is 1. The lowest BCUT2D eigenvalue weighted by Crippen LogP contribution is -1.86. The lowest BCUT2D eigenvalue weighted by molar-refractivity contribution is 0.549. The van der Waals surface area contributed by atoms with Gasteiger partial charge in [0.2, 0.25) is 0 Å². The average Bonchev–Trinajstić information content (AvgIpc) is 2.13. The Morgan fingerprint density at radius 1 is 1.57 bits per heavy atom. The molecule has 0 saturated heterocycles. The molecule has 0 amide bonds. The Kier molecular flexibility index (Phi) is 0.911. The van der Waals surface area contributed by atoms with Crippen molar-refractivity contribution in [2.24, 2.45) is 11.3 Å². The molecule has 0 N–H and O–H groups in total. The summed E-state index contributed by atoms with van der Waals surface area (Å²) in [5.41, 5.74) is 0.717. The van der Waals surface area contributed by atoms with E-state index in [-0.39, 0.29) is 0 Å². The molecule has 0 radical (unpaired) electrons. The van der Waals surface area contributed by atoms with Gasteiger partial charge >= 0.3 is 0 Å². The molecule has 1 aliphatic rings. The first-order chi connectivity index (χ1) is 3.17. The van der Waals surface area contributed by atoms with Crippen molar-refractivity contribution in [1.82, 2.24) is 0 Å². The van der Waals surface area contributed by atoms with E-state index in [0.29, 0.717) is 0 Å². The van der Waals surface area contributed by atoms with Crippen molar-refractivity contribution >= 4 is 0 Å². The van der Waals surface area contributed by atoms with Crippen molar-refractivity contribution in [2.45, 2.75) is 33.6 Å². The molecule has 0 aromatic rings. The van der Waals surface area contributed by atoms with Gasteiger partial charge in [-0.2, -0.15) is 0 Å². The first kappa shape index (κ1) is 5.14. The molecule has 0 spiro atoms. The summed E-state index contributed by atoms with van der Waals surface area (Å²) in [5, 5.41) is 0. The van der Waals surface area contributed by atoms with Gasteiger partial charge in [-0.1, -0.05) is 27.2 Å². The topological polar surface area (TPSA) is 0 Å². The van der Waals surface area contributed by atoms with E-state index in [1.807, 2.05) is 0 Å². The van der Waals surface area contributed by atoms with Crippen LogP contribution in [0.5, 0.6) is 0 Å². The highest BCUT2D eigenvalue weighted by molar-refractivity contribution is 4.93. The molecule has 1 fully saturated rings. The molecule has 1 rings (SSSR count). The van der Waals surface area contributed by atoms with E-state index in [0.717, 1.165) is 11.3 Å². The standard InChI is InChI=1S/C7H14/c1-4-6-5-7(6,2)3/h6H,4-5H2,1-3H3/t6-/m1/s1. The van der Waals surface area contributed by atoms with E-state index >= 15 is 0 Å². The molecule has 0 unspecified atom stereocenters. The summed E-state index contributed by atoms with van der Waals surface area (Å²) in [6.45, 7) is 6.97. The van der Waals surface area contributed by atoms with Crippen molar-refractivity contribution < 1.29 is 0 Å². The molecule has 0 aliphatic heterocycles. The second-order valence-corrected chi connectivity index (χ2v) is 3.30. The van der Waals surface area contributed by atoms with E-state index in [1.165, 1.54) is 12.8 Å². The average molecular weight is 98.2 g/mol. The van der Waals surface area contributed by atoms with Crippen LogP contribution in [0, 0.1) is 11.3 Å². The normalized spacial score (nSPS) is 35.6. The lowest BCUT2D eigenvalue weighted by Gasteiger charge is -1.95. The van der Waals surface area contributed by atoms with Gasteiger partial charge in [-0.05, 0) is 17.8 Å². The van der Waals surface area contributed by atoms with Crippen LogP contribution in [0.25, 0.3) is 0 Å². The zero-order valence-electron chi connectivity index (χ0n) is 5.49. The van der Waals surface area contributed by atoms with Crippen LogP contribution in [0.4, 0.5) is 0 Å². The van der Waals surface area contributed by atoms with Crippen LogP contribution >= 0.6 is 0 Å². The summed E-state index contributed by atoms with van der Waals surface area (Å²) in [4.78, 5) is 0. The molecule has 1 aliphatic carbocycles. The SMILES string of the molecule is CC[C@@H]1CC1(C)C. The Bertz CT molecular complexity index is 72.1. The third-order valence-electron chi connectivity index (χ3n) is 2.21. The maximum Gasteiger partial charge on any atom is -0.0323 e. The van der Waals surface area contributed by atoms with Gasteiger partial charge in [0, 0.05) is 0 Å². The predicted molar refractivity (Wildman–Crippen MR) is 32.2 cm³/mol. The second-order valence-electron chi connectivity index (χ2n) is 3.30. The highest BCUT2D eigenvalue weighted by Gasteiger charge is 2.43. The van der Waals surface area contributed by atoms with Crippen molar-refractivity contribution in [3.05, 3.63) is 0 Å². The van der Waals surface area contributed by atoms with Crippen molar-refractivity contribution in [3.63, 3.8) is 0 Å². The Morgan fingerprint density at radius 2 is 2.00 bits per heavy atom. The van der Waals surface area contributed by atoms with E-state index < -0.39 is 0 Å². The van der Waals surface area contributed by atoms with Crippen molar-refractivity contribution in [1.29, 1.82) is 0 Å². The Morgan fingerprint density at radius 3 is 2.00 bits per heavy atom. The number of hydrogen-bond acceptors (Lipinski definition) is 0. The van der Waals surface area contributed by atoms with Crippen LogP contribution in [0.1, 0.15) is 33.6 Å². The molecule has 7 heavy (non-hydrogen) atoms. The lowest BCUT2D eigenvalue weighted by atomic mass is 10.1. The van der Waals surface area contributed by atoms with Gasteiger partial charge in [-0.25, -0.2) is 0 Å². The van der Waals surface area contributed by atoms with Crippen LogP contribution < -0.4 is 0 Å². The Hall–Kier alpha value is 0. The van der Waals surface area contributed by atoms with Crippen LogP contribution in [0.15, 0.2) is 0 Å². The number of hydrogen-bond donors (Lipinski definition) is 0. The highest BCUT2D eigenvalue weighted by atomic mass is 14.5. The van der Waals surface area contributed by atoms with E-state index in [1.54, 1.807) is 0 Å². The van der Waals surface area contributed by atoms with Gasteiger partial charge in [-0.15, -0.1) is 0 Å². The van der Waals surface area contributed by atoms with E-state index in [2.05, 4.69) is 20.8 Å². The maximum atomic E-state index is 2.35. The van der Waals surface area contributed by atoms with E-state index in [4.69, 9.17) is 0 Å². The Labute approximate surface area is 45.9 Å². The monoisotopic (exact) mass is 98.1 g/mol. The fourth-order valence-corrected chi connectivity index (χ4v) is 1.27. The third kappa shape index (κ3) is 0.793. The third-order valence-corrected chi connectivity index (χ3v) is 2.21. The second kappa shape index (κ2) is 1.24. The first-order valence-corrected chi connectivity index (χ1v) is 3.17. The maximum absolute atomic E-state index is 2.35. The van der Waals surface area contributed by atoms with Crippen LogP contribution in [0.2, 0.25) is 0 Å². The van der Waals surface area contributed by atoms with Gasteiger partial charge < -0.3 is 0 Å². The fourth-order valence-electron chi connectivity index (χ4n) is 1.27. The van der Waals surface area contributed by atoms with Gasteiger partial charge in [0.15, 0.2) is 0 Å². The molecule has 1 saturated carbocycles. The quantitative estimate of drug-likeness (QED) is 0.472. The zero-order valence-corrected chi connectivity index (χ0v) is 5.49. The smallest absolute Gasteiger partial charge is 0.0323 e. The first-order valence-electron chi connectivity index (χ1n) is 3.17. The molecular formula is C7H14. The minimum absolute atomic E-state index is 0.717. The molecule has 0 heterocycles. The highest BCUT2D eigenvalue weighted by Crippen LogP contribution is 2.53. The Balaban J connectivity index is 2.30. The molecule has 42 valence electrons. The largest absolute Gasteiger partial charge is 0.0651 e. The summed E-state index contributed by atoms with van der Waals surface area (Å²) in [7, 11) is 0. The summed E-state index contributed by atoms with van der Waals surface area (Å²) < 4.78 is 0. The van der Waals surface area contributed by atoms with Crippen LogP contribution in [-0.2, 0) is 0 Å². The molecule has 1 atom stereocenters. The molecular weight excluding hydrogens is 84.1 g/mol. The summed E-state index contributed by atoms with van der Waals surface area (Å²) in [6, 6.07) is 0. The van der Waals surface area contributed by atoms with Gasteiger partial charge in [0.25, 0.3) is 0 Å². The van der Waals surface area contributed by atoms with Crippen molar-refractivity contribution in [3.8, 4) is 0 Å². The van der Waals surface area contributed by atoms with E-state index in [9.17, 15) is 0 Å². The fraction of sp³-hybridized carbons (Fsp3) is 1.00. The minimum Gasteiger partial charge on any atom is -0.0651 e. The van der Waals surface area contributed by atoms with Crippen LogP contribution in [-0.4, -0.2) is 0 Å². The van der Waals surface area contributed by atoms with Crippen LogP contribution in [0.3, 0.4) is 0 Å². The summed E-state index contributed by atoms with van der Waals surface area (Å²) >= 11 is 0. The molecule has 0 heteroatoms. The molecule has 0 nitrogen and oxygen atoms in total. The van der Waals surface area contributed by atoms with Gasteiger partial charge in [0.1, 0.15) is 0 Å². The zero-order chi connectivity index (χ0) is 5.49. The molecule has 0 aromatic heterocycles.